The van der Waals surface area contributed by atoms with Crippen molar-refractivity contribution in [1.82, 2.24) is 9.88 Å². The maximum Gasteiger partial charge on any atom is 0.272 e. The highest BCUT2D eigenvalue weighted by molar-refractivity contribution is 5.99. The molecule has 1 saturated carbocycles. The fourth-order valence-electron chi connectivity index (χ4n) is 2.43. The van der Waals surface area contributed by atoms with Crippen molar-refractivity contribution in [3.8, 4) is 0 Å². The summed E-state index contributed by atoms with van der Waals surface area (Å²) in [6, 6.07) is 10.2. The van der Waals surface area contributed by atoms with Crippen molar-refractivity contribution in [3.05, 3.63) is 36.0 Å². The van der Waals surface area contributed by atoms with Gasteiger partial charge in [-0.25, -0.2) is 4.98 Å². The molecule has 0 atom stereocenters. The van der Waals surface area contributed by atoms with Gasteiger partial charge in [0.1, 0.15) is 5.69 Å². The number of anilines is 1. The topological polar surface area (TPSA) is 45.2 Å². The normalized spacial score (nSPS) is 14.3. The zero-order valence-electron chi connectivity index (χ0n) is 11.9. The lowest BCUT2D eigenvalue weighted by molar-refractivity contribution is 0.0780. The minimum Gasteiger partial charge on any atom is -0.385 e. The smallest absolute Gasteiger partial charge is 0.272 e. The highest BCUT2D eigenvalue weighted by Crippen LogP contribution is 2.28. The average Bonchev–Trinajstić information content (AvgIpc) is 3.30. The number of amides is 1. The fourth-order valence-corrected chi connectivity index (χ4v) is 2.43. The number of para-hydroxylation sites is 1. The number of carbonyl (C=O) groups is 1. The molecule has 20 heavy (non-hydrogen) atoms. The molecule has 1 heterocycles. The average molecular weight is 269 g/mol. The number of pyridine rings is 1. The minimum atomic E-state index is 0.0115. The molecule has 0 unspecified atom stereocenters. The molecule has 2 aromatic rings. The highest BCUT2D eigenvalue weighted by Gasteiger charge is 2.30. The monoisotopic (exact) mass is 269 g/mol. The second-order valence-corrected chi connectivity index (χ2v) is 5.25. The van der Waals surface area contributed by atoms with Crippen LogP contribution >= 0.6 is 0 Å². The Bertz CT molecular complexity index is 649. The van der Waals surface area contributed by atoms with Crippen molar-refractivity contribution in [3.63, 3.8) is 0 Å². The van der Waals surface area contributed by atoms with Gasteiger partial charge in [-0.3, -0.25) is 4.79 Å². The Morgan fingerprint density at radius 2 is 2.15 bits per heavy atom. The molecular weight excluding hydrogens is 250 g/mol. The van der Waals surface area contributed by atoms with Gasteiger partial charge in [0.15, 0.2) is 0 Å². The highest BCUT2D eigenvalue weighted by atomic mass is 16.2. The number of nitrogens with one attached hydrogen (secondary N) is 1. The van der Waals surface area contributed by atoms with E-state index in [2.05, 4.69) is 10.3 Å². The number of hydrogen-bond acceptors (Lipinski definition) is 3. The second kappa shape index (κ2) is 5.12. The van der Waals surface area contributed by atoms with Gasteiger partial charge in [-0.05, 0) is 31.9 Å². The molecule has 0 bridgehead atoms. The van der Waals surface area contributed by atoms with Crippen LogP contribution in [0.25, 0.3) is 10.9 Å². The maximum atomic E-state index is 12.5. The predicted molar refractivity (Wildman–Crippen MR) is 81.0 cm³/mol. The van der Waals surface area contributed by atoms with Crippen molar-refractivity contribution < 1.29 is 4.79 Å². The number of carbonyl (C=O) groups excluding carboxylic acids is 1. The van der Waals surface area contributed by atoms with Gasteiger partial charge in [-0.15, -0.1) is 0 Å². The first-order valence-electron chi connectivity index (χ1n) is 7.11. The lowest BCUT2D eigenvalue weighted by Gasteiger charge is -2.17. The Labute approximate surface area is 118 Å². The maximum absolute atomic E-state index is 12.5. The van der Waals surface area contributed by atoms with Crippen molar-refractivity contribution in [2.24, 2.45) is 0 Å². The molecule has 0 saturated heterocycles. The first kappa shape index (κ1) is 12.9. The number of hydrogen-bond donors (Lipinski definition) is 1. The van der Waals surface area contributed by atoms with Crippen LogP contribution in [0.3, 0.4) is 0 Å². The van der Waals surface area contributed by atoms with Crippen LogP contribution in [0.5, 0.6) is 0 Å². The van der Waals surface area contributed by atoms with Crippen molar-refractivity contribution in [2.45, 2.75) is 25.8 Å². The lowest BCUT2D eigenvalue weighted by Crippen LogP contribution is -2.29. The van der Waals surface area contributed by atoms with E-state index in [4.69, 9.17) is 0 Å². The van der Waals surface area contributed by atoms with E-state index >= 15 is 0 Å². The Balaban J connectivity index is 2.04. The van der Waals surface area contributed by atoms with Gasteiger partial charge in [0.05, 0.1) is 5.52 Å². The van der Waals surface area contributed by atoms with Crippen LogP contribution in [0.4, 0.5) is 5.69 Å². The summed E-state index contributed by atoms with van der Waals surface area (Å²) in [5.74, 6) is 0.0115. The van der Waals surface area contributed by atoms with E-state index in [1.54, 1.807) is 0 Å². The molecule has 1 aliphatic carbocycles. The summed E-state index contributed by atoms with van der Waals surface area (Å²) >= 11 is 0. The van der Waals surface area contributed by atoms with Crippen LogP contribution in [0.1, 0.15) is 30.3 Å². The number of fused-ring (bicyclic) bond motifs is 1. The Morgan fingerprint density at radius 1 is 1.40 bits per heavy atom. The number of aromatic nitrogens is 1. The van der Waals surface area contributed by atoms with E-state index in [1.807, 2.05) is 49.2 Å². The molecule has 3 rings (SSSR count). The molecule has 4 nitrogen and oxygen atoms in total. The van der Waals surface area contributed by atoms with Gasteiger partial charge in [-0.2, -0.15) is 0 Å². The van der Waals surface area contributed by atoms with Crippen molar-refractivity contribution in [2.75, 3.05) is 18.9 Å². The third kappa shape index (κ3) is 2.33. The van der Waals surface area contributed by atoms with E-state index in [-0.39, 0.29) is 5.91 Å². The van der Waals surface area contributed by atoms with Gasteiger partial charge in [0.25, 0.3) is 5.91 Å². The predicted octanol–water partition coefficient (Wildman–Crippen LogP) is 2.90. The fraction of sp³-hybridized carbons (Fsp3) is 0.375. The Hall–Kier alpha value is -2.10. The molecule has 104 valence electrons. The third-order valence-corrected chi connectivity index (χ3v) is 3.72. The quantitative estimate of drug-likeness (QED) is 0.928. The molecule has 4 heteroatoms. The van der Waals surface area contributed by atoms with Crippen LogP contribution in [-0.4, -0.2) is 35.4 Å². The van der Waals surface area contributed by atoms with E-state index < -0.39 is 0 Å². The molecule has 1 aliphatic rings. The minimum absolute atomic E-state index is 0.0115. The summed E-state index contributed by atoms with van der Waals surface area (Å²) in [5, 5.41) is 4.37. The molecule has 0 aliphatic heterocycles. The summed E-state index contributed by atoms with van der Waals surface area (Å²) < 4.78 is 0. The standard InChI is InChI=1S/C16H19N3O/c1-3-17-14-10-15(16(20)19(2)11-8-9-11)18-13-7-5-4-6-12(13)14/h4-7,10-11H,3,8-9H2,1-2H3,(H,17,18). The molecular formula is C16H19N3O. The van der Waals surface area contributed by atoms with E-state index in [0.717, 1.165) is 36.0 Å². The summed E-state index contributed by atoms with van der Waals surface area (Å²) in [6.07, 6.45) is 2.21. The van der Waals surface area contributed by atoms with Gasteiger partial charge in [0.2, 0.25) is 0 Å². The second-order valence-electron chi connectivity index (χ2n) is 5.25. The zero-order valence-corrected chi connectivity index (χ0v) is 11.9. The summed E-state index contributed by atoms with van der Waals surface area (Å²) in [7, 11) is 1.86. The SMILES string of the molecule is CCNc1cc(C(=O)N(C)C2CC2)nc2ccccc12. The Kier molecular flexibility index (Phi) is 3.30. The van der Waals surface area contributed by atoms with Crippen LogP contribution in [-0.2, 0) is 0 Å². The molecule has 0 spiro atoms. The summed E-state index contributed by atoms with van der Waals surface area (Å²) in [4.78, 5) is 18.8. The van der Waals surface area contributed by atoms with E-state index in [9.17, 15) is 4.79 Å². The molecule has 1 aromatic carbocycles. The molecule has 1 fully saturated rings. The zero-order chi connectivity index (χ0) is 14.1. The van der Waals surface area contributed by atoms with E-state index in [1.165, 1.54) is 0 Å². The first-order chi connectivity index (χ1) is 9.70. The van der Waals surface area contributed by atoms with Gasteiger partial charge < -0.3 is 10.2 Å². The van der Waals surface area contributed by atoms with Crippen LogP contribution in [0.2, 0.25) is 0 Å². The van der Waals surface area contributed by atoms with Gasteiger partial charge in [0, 0.05) is 30.7 Å². The van der Waals surface area contributed by atoms with Crippen molar-refractivity contribution >= 4 is 22.5 Å². The van der Waals surface area contributed by atoms with Crippen LogP contribution < -0.4 is 5.32 Å². The number of nitrogens with zero attached hydrogens (tertiary/aromatic N) is 2. The summed E-state index contributed by atoms with van der Waals surface area (Å²) in [6.45, 7) is 2.87. The first-order valence-corrected chi connectivity index (χ1v) is 7.11. The number of rotatable bonds is 4. The molecule has 1 amide bonds. The van der Waals surface area contributed by atoms with Crippen LogP contribution in [0, 0.1) is 0 Å². The molecule has 1 N–H and O–H groups in total. The van der Waals surface area contributed by atoms with Gasteiger partial charge >= 0.3 is 0 Å². The van der Waals surface area contributed by atoms with Crippen LogP contribution in [0.15, 0.2) is 30.3 Å². The third-order valence-electron chi connectivity index (χ3n) is 3.72. The largest absolute Gasteiger partial charge is 0.385 e. The summed E-state index contributed by atoms with van der Waals surface area (Å²) in [5.41, 5.74) is 2.36. The Morgan fingerprint density at radius 3 is 2.85 bits per heavy atom. The van der Waals surface area contributed by atoms with E-state index in [0.29, 0.717) is 11.7 Å². The van der Waals surface area contributed by atoms with Gasteiger partial charge in [-0.1, -0.05) is 18.2 Å². The number of benzene rings is 1. The molecule has 1 aromatic heterocycles. The van der Waals surface area contributed by atoms with Crippen molar-refractivity contribution in [1.29, 1.82) is 0 Å². The lowest BCUT2D eigenvalue weighted by atomic mass is 10.1. The molecule has 0 radical (unpaired) electrons.